The molecule has 0 saturated heterocycles. The van der Waals surface area contributed by atoms with Gasteiger partial charge in [0.1, 0.15) is 18.2 Å². The van der Waals surface area contributed by atoms with Gasteiger partial charge < -0.3 is 14.6 Å². The molecule has 7 nitrogen and oxygen atoms in total. The zero-order valence-electron chi connectivity index (χ0n) is 15.3. The Balaban J connectivity index is 1.59. The van der Waals surface area contributed by atoms with Gasteiger partial charge in [0, 0.05) is 42.4 Å². The predicted octanol–water partition coefficient (Wildman–Crippen LogP) is 3.04. The summed E-state index contributed by atoms with van der Waals surface area (Å²) >= 11 is 0. The molecule has 1 unspecified atom stereocenters. The Bertz CT molecular complexity index is 916. The summed E-state index contributed by atoms with van der Waals surface area (Å²) in [4.78, 5) is 16.4. The lowest BCUT2D eigenvalue weighted by Gasteiger charge is -2.25. The number of anilines is 1. The number of hydrogen-bond donors (Lipinski definition) is 1. The number of rotatable bonds is 7. The number of ether oxygens (including phenoxy) is 1. The van der Waals surface area contributed by atoms with Crippen molar-refractivity contribution in [1.82, 2.24) is 19.3 Å². The number of aromatic nitrogens is 4. The van der Waals surface area contributed by atoms with Crippen LogP contribution in [-0.4, -0.2) is 31.8 Å². The van der Waals surface area contributed by atoms with Gasteiger partial charge in [-0.15, -0.1) is 0 Å². The van der Waals surface area contributed by atoms with Gasteiger partial charge in [0.25, 0.3) is 0 Å². The standard InChI is InChI=1S/C20H23N5O2/c1-2-8-25-20-17(13-22-25)16(12-19(26)23-20)15-5-3-4-6-18(15)27-11-10-24-9-7-21-14-24/h3-7,9,13-14,16H,2,8,10-12H2,1H3,(H,23,26). The van der Waals surface area contributed by atoms with Crippen molar-refractivity contribution in [3.05, 3.63) is 60.3 Å². The Hall–Kier alpha value is -3.09. The van der Waals surface area contributed by atoms with E-state index < -0.39 is 0 Å². The van der Waals surface area contributed by atoms with Gasteiger partial charge in [-0.25, -0.2) is 9.67 Å². The van der Waals surface area contributed by atoms with E-state index in [0.717, 1.165) is 42.2 Å². The molecule has 1 aliphatic heterocycles. The molecule has 0 spiro atoms. The van der Waals surface area contributed by atoms with E-state index in [4.69, 9.17) is 4.74 Å². The predicted molar refractivity (Wildman–Crippen MR) is 102 cm³/mol. The molecular formula is C20H23N5O2. The number of hydrogen-bond acceptors (Lipinski definition) is 4. The molecular weight excluding hydrogens is 342 g/mol. The lowest BCUT2D eigenvalue weighted by atomic mass is 9.87. The number of fused-ring (bicyclic) bond motifs is 1. The monoisotopic (exact) mass is 365 g/mol. The van der Waals surface area contributed by atoms with E-state index in [0.29, 0.717) is 13.0 Å². The van der Waals surface area contributed by atoms with Crippen LogP contribution in [0.3, 0.4) is 0 Å². The van der Waals surface area contributed by atoms with Gasteiger partial charge >= 0.3 is 0 Å². The first-order chi connectivity index (χ1) is 13.3. The van der Waals surface area contributed by atoms with Gasteiger partial charge in [0.15, 0.2) is 0 Å². The third kappa shape index (κ3) is 3.58. The second kappa shape index (κ2) is 7.65. The van der Waals surface area contributed by atoms with Crippen LogP contribution in [0.15, 0.2) is 49.2 Å². The highest BCUT2D eigenvalue weighted by molar-refractivity contribution is 5.94. The number of aryl methyl sites for hydroxylation is 1. The number of carbonyl (C=O) groups is 1. The maximum absolute atomic E-state index is 12.3. The summed E-state index contributed by atoms with van der Waals surface area (Å²) in [6, 6.07) is 7.95. The van der Waals surface area contributed by atoms with E-state index >= 15 is 0 Å². The number of benzene rings is 1. The third-order valence-corrected chi connectivity index (χ3v) is 4.79. The molecule has 7 heteroatoms. The van der Waals surface area contributed by atoms with E-state index in [2.05, 4.69) is 22.3 Å². The summed E-state index contributed by atoms with van der Waals surface area (Å²) in [7, 11) is 0. The number of amides is 1. The van der Waals surface area contributed by atoms with Crippen molar-refractivity contribution in [2.24, 2.45) is 0 Å². The first kappa shape index (κ1) is 17.3. The average molecular weight is 365 g/mol. The summed E-state index contributed by atoms with van der Waals surface area (Å²) in [6.45, 7) is 4.14. The molecule has 140 valence electrons. The maximum atomic E-state index is 12.3. The molecule has 3 aromatic rings. The van der Waals surface area contributed by atoms with Crippen LogP contribution in [0.1, 0.15) is 36.8 Å². The number of nitrogens with zero attached hydrogens (tertiary/aromatic N) is 4. The van der Waals surface area contributed by atoms with Crippen LogP contribution < -0.4 is 10.1 Å². The van der Waals surface area contributed by atoms with Gasteiger partial charge in [0.2, 0.25) is 5.91 Å². The van der Waals surface area contributed by atoms with Crippen LogP contribution >= 0.6 is 0 Å². The summed E-state index contributed by atoms with van der Waals surface area (Å²) in [6.07, 6.45) is 8.67. The molecule has 0 aliphatic carbocycles. The molecule has 27 heavy (non-hydrogen) atoms. The maximum Gasteiger partial charge on any atom is 0.226 e. The second-order valence-electron chi connectivity index (χ2n) is 6.66. The van der Waals surface area contributed by atoms with Gasteiger partial charge in [0.05, 0.1) is 19.1 Å². The molecule has 0 saturated carbocycles. The molecule has 2 aromatic heterocycles. The summed E-state index contributed by atoms with van der Waals surface area (Å²) in [5, 5.41) is 7.46. The fourth-order valence-corrected chi connectivity index (χ4v) is 3.51. The zero-order chi connectivity index (χ0) is 18.6. The fourth-order valence-electron chi connectivity index (χ4n) is 3.51. The average Bonchev–Trinajstić information content (AvgIpc) is 3.32. The molecule has 1 atom stereocenters. The van der Waals surface area contributed by atoms with Crippen molar-refractivity contribution in [1.29, 1.82) is 0 Å². The summed E-state index contributed by atoms with van der Waals surface area (Å²) in [5.41, 5.74) is 2.07. The Labute approximate surface area is 158 Å². The molecule has 0 bridgehead atoms. The van der Waals surface area contributed by atoms with Crippen molar-refractivity contribution in [3.63, 3.8) is 0 Å². The molecule has 3 heterocycles. The van der Waals surface area contributed by atoms with Crippen LogP contribution in [0.2, 0.25) is 0 Å². The SMILES string of the molecule is CCCn1ncc2c1NC(=O)CC2c1ccccc1OCCn1ccnc1. The molecule has 0 fully saturated rings. The van der Waals surface area contributed by atoms with Gasteiger partial charge in [-0.3, -0.25) is 4.79 Å². The Morgan fingerprint density at radius 3 is 2.96 bits per heavy atom. The summed E-state index contributed by atoms with van der Waals surface area (Å²) in [5.74, 6) is 1.58. The van der Waals surface area contributed by atoms with Crippen LogP contribution in [0.4, 0.5) is 5.82 Å². The van der Waals surface area contributed by atoms with Crippen LogP contribution in [0.5, 0.6) is 5.75 Å². The Morgan fingerprint density at radius 2 is 2.15 bits per heavy atom. The largest absolute Gasteiger partial charge is 0.491 e. The molecule has 1 aromatic carbocycles. The molecule has 1 N–H and O–H groups in total. The highest BCUT2D eigenvalue weighted by Gasteiger charge is 2.31. The van der Waals surface area contributed by atoms with E-state index in [9.17, 15) is 4.79 Å². The van der Waals surface area contributed by atoms with Crippen LogP contribution in [0, 0.1) is 0 Å². The van der Waals surface area contributed by atoms with Crippen molar-refractivity contribution in [3.8, 4) is 5.75 Å². The van der Waals surface area contributed by atoms with E-state index in [-0.39, 0.29) is 11.8 Å². The van der Waals surface area contributed by atoms with E-state index in [1.807, 2.05) is 45.9 Å². The van der Waals surface area contributed by atoms with Crippen molar-refractivity contribution >= 4 is 11.7 Å². The lowest BCUT2D eigenvalue weighted by Crippen LogP contribution is -2.25. The van der Waals surface area contributed by atoms with Crippen LogP contribution in [-0.2, 0) is 17.9 Å². The van der Waals surface area contributed by atoms with Crippen molar-refractivity contribution in [2.45, 2.75) is 38.8 Å². The Morgan fingerprint density at radius 1 is 1.26 bits per heavy atom. The minimum absolute atomic E-state index is 0.0126. The highest BCUT2D eigenvalue weighted by Crippen LogP contribution is 2.40. The highest BCUT2D eigenvalue weighted by atomic mass is 16.5. The Kier molecular flexibility index (Phi) is 4.91. The van der Waals surface area contributed by atoms with Gasteiger partial charge in [-0.2, -0.15) is 5.10 Å². The molecule has 4 rings (SSSR count). The molecule has 1 aliphatic rings. The molecule has 1 amide bonds. The van der Waals surface area contributed by atoms with Crippen molar-refractivity contribution in [2.75, 3.05) is 11.9 Å². The normalized spacial score (nSPS) is 16.0. The summed E-state index contributed by atoms with van der Waals surface area (Å²) < 4.78 is 9.91. The topological polar surface area (TPSA) is 74.0 Å². The van der Waals surface area contributed by atoms with Gasteiger partial charge in [-0.05, 0) is 12.5 Å². The van der Waals surface area contributed by atoms with Gasteiger partial charge in [-0.1, -0.05) is 25.1 Å². The van der Waals surface area contributed by atoms with E-state index in [1.165, 1.54) is 0 Å². The first-order valence-corrected chi connectivity index (χ1v) is 9.29. The second-order valence-corrected chi connectivity index (χ2v) is 6.66. The molecule has 0 radical (unpaired) electrons. The number of para-hydroxylation sites is 1. The smallest absolute Gasteiger partial charge is 0.226 e. The third-order valence-electron chi connectivity index (χ3n) is 4.79. The quantitative estimate of drug-likeness (QED) is 0.698. The minimum atomic E-state index is -0.0520. The fraction of sp³-hybridized carbons (Fsp3) is 0.350. The lowest BCUT2D eigenvalue weighted by molar-refractivity contribution is -0.116. The zero-order valence-corrected chi connectivity index (χ0v) is 15.3. The van der Waals surface area contributed by atoms with E-state index in [1.54, 1.807) is 12.5 Å². The minimum Gasteiger partial charge on any atom is -0.491 e. The van der Waals surface area contributed by atoms with Crippen LogP contribution in [0.25, 0.3) is 0 Å². The van der Waals surface area contributed by atoms with Crippen molar-refractivity contribution < 1.29 is 9.53 Å². The number of carbonyl (C=O) groups excluding carboxylic acids is 1. The number of nitrogens with one attached hydrogen (secondary N) is 1. The first-order valence-electron chi connectivity index (χ1n) is 9.29. The number of imidazole rings is 1.